The molecule has 0 radical (unpaired) electrons. The smallest absolute Gasteiger partial charge is 0.261 e. The number of hydrazine groups is 1. The fourth-order valence-corrected chi connectivity index (χ4v) is 7.87. The van der Waals surface area contributed by atoms with Gasteiger partial charge in [-0.2, -0.15) is 0 Å². The molecule has 0 fully saturated rings. The standard InChI is InChI=1S/C42H43N7O8/c1-47(40(51)12-11-39(50)46-43)26-10-9-25-16-28-23-45-32-21-38(36(55-3)19-30(32)42(53)49(28)34(25)17-26)57-14-6-13-56-37-20-31-29(18-35(37)54-2)41(52)48-27(22-44-31)15-24-7-4-5-8-33(24)48/h4-5,7-10,17-22,27-28,45H,6,11-16,23,43H2,1-3H3,(H,46,50)/t27-,28-/m0/s1. The van der Waals surface area contributed by atoms with Crippen molar-refractivity contribution in [2.75, 3.05) is 61.0 Å². The second-order valence-electron chi connectivity index (χ2n) is 14.2. The van der Waals surface area contributed by atoms with Gasteiger partial charge in [-0.15, -0.1) is 0 Å². The molecule has 4 N–H and O–H groups in total. The zero-order valence-electron chi connectivity index (χ0n) is 31.9. The molecule has 294 valence electrons. The summed E-state index contributed by atoms with van der Waals surface area (Å²) in [6, 6.07) is 20.1. The van der Waals surface area contributed by atoms with E-state index in [0.29, 0.717) is 83.6 Å². The number of nitrogens with one attached hydrogen (secondary N) is 2. The number of para-hydroxylation sites is 1. The highest BCUT2D eigenvalue weighted by Crippen LogP contribution is 2.43. The second kappa shape index (κ2) is 15.5. The fraction of sp³-hybridized carbons (Fsp3) is 0.310. The number of aliphatic imine (C=N–C) groups is 1. The van der Waals surface area contributed by atoms with Crippen molar-refractivity contribution in [3.63, 3.8) is 0 Å². The molecule has 4 heterocycles. The van der Waals surface area contributed by atoms with Gasteiger partial charge in [-0.25, -0.2) is 5.84 Å². The van der Waals surface area contributed by atoms with Crippen LogP contribution >= 0.6 is 0 Å². The Labute approximate surface area is 329 Å². The van der Waals surface area contributed by atoms with Gasteiger partial charge in [0.05, 0.1) is 62.0 Å². The summed E-state index contributed by atoms with van der Waals surface area (Å²) >= 11 is 0. The maximum Gasteiger partial charge on any atom is 0.261 e. The Morgan fingerprint density at radius 3 is 2.30 bits per heavy atom. The number of rotatable bonds is 12. The first-order chi connectivity index (χ1) is 27.7. The first-order valence-corrected chi connectivity index (χ1v) is 18.8. The van der Waals surface area contributed by atoms with E-state index in [2.05, 4.69) is 10.3 Å². The number of carbonyl (C=O) groups excluding carboxylic acids is 4. The molecule has 15 nitrogen and oxygen atoms in total. The summed E-state index contributed by atoms with van der Waals surface area (Å²) < 4.78 is 23.6. The molecule has 0 spiro atoms. The van der Waals surface area contributed by atoms with Crippen LogP contribution in [0.1, 0.15) is 51.1 Å². The summed E-state index contributed by atoms with van der Waals surface area (Å²) in [7, 11) is 4.70. The number of nitrogens with zero attached hydrogens (tertiary/aromatic N) is 4. The van der Waals surface area contributed by atoms with Gasteiger partial charge in [0.2, 0.25) is 11.8 Å². The molecule has 0 unspecified atom stereocenters. The fourth-order valence-electron chi connectivity index (χ4n) is 7.87. The van der Waals surface area contributed by atoms with Crippen molar-refractivity contribution in [1.82, 2.24) is 5.43 Å². The lowest BCUT2D eigenvalue weighted by atomic mass is 10.1. The number of hydrogen-bond acceptors (Lipinski definition) is 11. The van der Waals surface area contributed by atoms with E-state index in [-0.39, 0.29) is 49.3 Å². The number of ether oxygens (including phenoxy) is 4. The number of anilines is 4. The van der Waals surface area contributed by atoms with Gasteiger partial charge in [-0.05, 0) is 47.9 Å². The molecule has 0 saturated carbocycles. The molecule has 0 saturated heterocycles. The van der Waals surface area contributed by atoms with Crippen LogP contribution in [0, 0.1) is 0 Å². The Morgan fingerprint density at radius 2 is 1.54 bits per heavy atom. The molecule has 4 aromatic carbocycles. The maximum atomic E-state index is 14.2. The van der Waals surface area contributed by atoms with E-state index in [1.165, 1.54) is 19.1 Å². The van der Waals surface area contributed by atoms with Crippen molar-refractivity contribution in [2.45, 2.75) is 44.2 Å². The van der Waals surface area contributed by atoms with Gasteiger partial charge >= 0.3 is 0 Å². The third-order valence-corrected chi connectivity index (χ3v) is 10.9. The van der Waals surface area contributed by atoms with E-state index in [0.717, 1.165) is 22.5 Å². The number of amides is 4. The highest BCUT2D eigenvalue weighted by molar-refractivity contribution is 6.15. The van der Waals surface area contributed by atoms with Crippen molar-refractivity contribution in [3.8, 4) is 23.0 Å². The Kier molecular flexibility index (Phi) is 10.1. The molecular formula is C42H43N7O8. The van der Waals surface area contributed by atoms with Gasteiger partial charge in [0.1, 0.15) is 0 Å². The van der Waals surface area contributed by atoms with Gasteiger partial charge in [0.25, 0.3) is 11.8 Å². The summed E-state index contributed by atoms with van der Waals surface area (Å²) in [5, 5.41) is 3.44. The monoisotopic (exact) mass is 773 g/mol. The first kappa shape index (κ1) is 37.3. The summed E-state index contributed by atoms with van der Waals surface area (Å²) in [6.45, 7) is 1.08. The first-order valence-electron chi connectivity index (χ1n) is 18.8. The molecule has 4 aliphatic rings. The molecule has 2 atom stereocenters. The normalized spacial score (nSPS) is 17.1. The molecule has 0 bridgehead atoms. The lowest BCUT2D eigenvalue weighted by Crippen LogP contribution is -2.39. The van der Waals surface area contributed by atoms with Crippen LogP contribution < -0.4 is 50.2 Å². The summed E-state index contributed by atoms with van der Waals surface area (Å²) in [6.07, 6.45) is 3.65. The SMILES string of the molecule is COc1cc2c(cc1OCCCOc1cc3c(cc1OC)C(=O)N1c4cc(N(C)C(=O)CCC(=O)NN)ccc4C[C@H]1CN3)N=C[C@@H]1Cc3ccccc3N1C2=O. The highest BCUT2D eigenvalue weighted by atomic mass is 16.5. The number of fused-ring (bicyclic) bond motifs is 8. The lowest BCUT2D eigenvalue weighted by molar-refractivity contribution is -0.125. The minimum absolute atomic E-state index is 0.00565. The average molecular weight is 774 g/mol. The lowest BCUT2D eigenvalue weighted by Gasteiger charge is -2.24. The molecule has 8 rings (SSSR count). The molecule has 15 heteroatoms. The van der Waals surface area contributed by atoms with Crippen LogP contribution in [0.5, 0.6) is 23.0 Å². The molecule has 4 aliphatic heterocycles. The van der Waals surface area contributed by atoms with Crippen molar-refractivity contribution in [3.05, 3.63) is 89.0 Å². The molecule has 0 aliphatic carbocycles. The van der Waals surface area contributed by atoms with Crippen LogP contribution in [0.3, 0.4) is 0 Å². The van der Waals surface area contributed by atoms with Crippen molar-refractivity contribution >= 4 is 58.3 Å². The number of nitrogens with two attached hydrogens (primary N) is 1. The Hall–Kier alpha value is -6.61. The quantitative estimate of drug-likeness (QED) is 0.0800. The van der Waals surface area contributed by atoms with E-state index < -0.39 is 5.91 Å². The van der Waals surface area contributed by atoms with Gasteiger partial charge < -0.3 is 34.1 Å². The topological polar surface area (TPSA) is 177 Å². The second-order valence-corrected chi connectivity index (χ2v) is 14.2. The number of carbonyl (C=O) groups is 4. The summed E-state index contributed by atoms with van der Waals surface area (Å²) in [5.41, 5.74) is 8.41. The molecule has 4 amide bonds. The highest BCUT2D eigenvalue weighted by Gasteiger charge is 2.39. The van der Waals surface area contributed by atoms with Crippen LogP contribution in [0.2, 0.25) is 0 Å². The summed E-state index contributed by atoms with van der Waals surface area (Å²) in [4.78, 5) is 62.1. The van der Waals surface area contributed by atoms with E-state index in [4.69, 9.17) is 24.8 Å². The van der Waals surface area contributed by atoms with Crippen LogP contribution in [0.4, 0.5) is 28.4 Å². The van der Waals surface area contributed by atoms with Crippen molar-refractivity contribution in [1.29, 1.82) is 0 Å². The van der Waals surface area contributed by atoms with E-state index in [1.807, 2.05) is 54.1 Å². The zero-order chi connectivity index (χ0) is 39.8. The minimum Gasteiger partial charge on any atom is -0.493 e. The Morgan fingerprint density at radius 1 is 0.842 bits per heavy atom. The van der Waals surface area contributed by atoms with Crippen LogP contribution in [0.25, 0.3) is 0 Å². The molecule has 4 aromatic rings. The average Bonchev–Trinajstić information content (AvgIpc) is 3.72. The predicted octanol–water partition coefficient (Wildman–Crippen LogP) is 4.57. The maximum absolute atomic E-state index is 14.2. The van der Waals surface area contributed by atoms with Crippen molar-refractivity contribution < 1.29 is 38.1 Å². The predicted molar refractivity (Wildman–Crippen MR) is 215 cm³/mol. The number of methoxy groups -OCH3 is 2. The van der Waals surface area contributed by atoms with Gasteiger partial charge in [0, 0.05) is 74.7 Å². The van der Waals surface area contributed by atoms with Gasteiger partial charge in [-0.3, -0.25) is 34.5 Å². The van der Waals surface area contributed by atoms with Crippen molar-refractivity contribution in [2.24, 2.45) is 10.8 Å². The Bertz CT molecular complexity index is 2310. The summed E-state index contributed by atoms with van der Waals surface area (Å²) in [5.74, 6) is 5.93. The van der Waals surface area contributed by atoms with E-state index in [1.54, 1.807) is 41.1 Å². The minimum atomic E-state index is -0.422. The third kappa shape index (κ3) is 6.94. The molecule has 57 heavy (non-hydrogen) atoms. The zero-order valence-corrected chi connectivity index (χ0v) is 31.9. The Balaban J connectivity index is 0.922. The van der Waals surface area contributed by atoms with Gasteiger partial charge in [0.15, 0.2) is 23.0 Å². The number of benzene rings is 4. The molecule has 0 aromatic heterocycles. The van der Waals surface area contributed by atoms with Crippen LogP contribution in [0.15, 0.2) is 71.7 Å². The van der Waals surface area contributed by atoms with E-state index in [9.17, 15) is 19.2 Å². The third-order valence-electron chi connectivity index (χ3n) is 10.9. The van der Waals surface area contributed by atoms with E-state index >= 15 is 0 Å². The number of hydrogen-bond donors (Lipinski definition) is 3. The van der Waals surface area contributed by atoms with Crippen LogP contribution in [-0.2, 0) is 22.4 Å². The van der Waals surface area contributed by atoms with Crippen LogP contribution in [-0.4, -0.2) is 83.0 Å². The largest absolute Gasteiger partial charge is 0.493 e. The van der Waals surface area contributed by atoms with Gasteiger partial charge in [-0.1, -0.05) is 24.3 Å². The molecular weight excluding hydrogens is 731 g/mol.